The van der Waals surface area contributed by atoms with E-state index in [1.807, 2.05) is 48.5 Å². The molecule has 288 valence electrons. The van der Waals surface area contributed by atoms with Crippen molar-refractivity contribution < 1.29 is 50.0 Å². The molecule has 2 aliphatic carbocycles. The Morgan fingerprint density at radius 1 is 0.463 bits per heavy atom. The standard InChI is InChI=1S/C22H23F3O3.C21H21F3O2/c23-20-9-17(10-21(24)22(20)25)16-3-1-14(2-4-16)15-5-7-18(8-6-15)28-13-26-11-19-12-27-19;22-19-9-16(10-20(23)21(19)24)15-3-1-13(2-4-15)14-5-7-17(8-6-14)25-11-18-12-26-18/h1-4,9-10,15,18-19H,5-8,11-13H2;1-4,9-10,14,17-18H,5-8,11-12H2. The highest BCUT2D eigenvalue weighted by Gasteiger charge is 2.28. The van der Waals surface area contributed by atoms with Crippen molar-refractivity contribution in [1.29, 1.82) is 0 Å². The third kappa shape index (κ3) is 10.3. The van der Waals surface area contributed by atoms with Crippen molar-refractivity contribution in [3.05, 3.63) is 119 Å². The molecule has 4 aromatic rings. The fraction of sp³-hybridized carbons (Fsp3) is 0.442. The smallest absolute Gasteiger partial charge is 0.194 e. The van der Waals surface area contributed by atoms with Gasteiger partial charge in [-0.3, -0.25) is 0 Å². The van der Waals surface area contributed by atoms with Gasteiger partial charge in [0.25, 0.3) is 0 Å². The first-order valence-electron chi connectivity index (χ1n) is 18.7. The number of hydrogen-bond acceptors (Lipinski definition) is 5. The van der Waals surface area contributed by atoms with Crippen molar-refractivity contribution in [3.8, 4) is 22.3 Å². The number of epoxide rings is 2. The molecule has 2 aliphatic heterocycles. The van der Waals surface area contributed by atoms with Crippen molar-refractivity contribution in [2.45, 2.75) is 87.6 Å². The fourth-order valence-electron chi connectivity index (χ4n) is 7.36. The number of hydrogen-bond donors (Lipinski definition) is 0. The summed E-state index contributed by atoms with van der Waals surface area (Å²) >= 11 is 0. The van der Waals surface area contributed by atoms with Crippen LogP contribution in [0.1, 0.15) is 74.3 Å². The first kappa shape index (κ1) is 38.5. The molecule has 8 rings (SSSR count). The summed E-state index contributed by atoms with van der Waals surface area (Å²) in [5.74, 6) is -6.64. The van der Waals surface area contributed by atoms with Gasteiger partial charge in [-0.1, -0.05) is 48.5 Å². The van der Waals surface area contributed by atoms with Crippen molar-refractivity contribution >= 4 is 0 Å². The van der Waals surface area contributed by atoms with Crippen LogP contribution in [0.15, 0.2) is 72.8 Å². The van der Waals surface area contributed by atoms with E-state index in [-0.39, 0.29) is 12.2 Å². The average Bonchev–Trinajstić information content (AvgIpc) is 4.14. The van der Waals surface area contributed by atoms with Gasteiger partial charge in [0.1, 0.15) is 19.0 Å². The maximum Gasteiger partial charge on any atom is 0.194 e. The number of ether oxygens (including phenoxy) is 5. The molecule has 2 unspecified atom stereocenters. The topological polar surface area (TPSA) is 52.8 Å². The summed E-state index contributed by atoms with van der Waals surface area (Å²) in [6, 6.07) is 19.4. The number of rotatable bonds is 12. The Hall–Kier alpha value is -3.74. The van der Waals surface area contributed by atoms with Crippen LogP contribution >= 0.6 is 0 Å². The van der Waals surface area contributed by atoms with Gasteiger partial charge in [0, 0.05) is 0 Å². The molecule has 0 aromatic heterocycles. The molecule has 0 N–H and O–H groups in total. The van der Waals surface area contributed by atoms with Crippen LogP contribution in [0.2, 0.25) is 0 Å². The van der Waals surface area contributed by atoms with E-state index in [0.717, 1.165) is 88.8 Å². The number of halogens is 6. The lowest BCUT2D eigenvalue weighted by molar-refractivity contribution is -0.102. The fourth-order valence-corrected chi connectivity index (χ4v) is 7.36. The van der Waals surface area contributed by atoms with Gasteiger partial charge in [-0.05, 0) is 121 Å². The summed E-state index contributed by atoms with van der Waals surface area (Å²) in [6.45, 7) is 3.23. The molecule has 4 aromatic carbocycles. The molecule has 4 aliphatic rings. The Labute approximate surface area is 311 Å². The van der Waals surface area contributed by atoms with Crippen LogP contribution in [0, 0.1) is 34.9 Å². The van der Waals surface area contributed by atoms with Gasteiger partial charge in [-0.15, -0.1) is 0 Å². The molecule has 0 spiro atoms. The minimum atomic E-state index is -1.44. The molecule has 0 amide bonds. The minimum absolute atomic E-state index is 0.223. The SMILES string of the molecule is Fc1cc(-c2ccc(C3CCC(OCC4CO4)CC3)cc2)cc(F)c1F.Fc1cc(-c2ccc(C3CCC(OCOCC4CO4)CC3)cc2)cc(F)c1F. The largest absolute Gasteiger partial charge is 0.375 e. The number of benzene rings is 4. The van der Waals surface area contributed by atoms with Gasteiger partial charge >= 0.3 is 0 Å². The predicted molar refractivity (Wildman–Crippen MR) is 191 cm³/mol. The van der Waals surface area contributed by atoms with Crippen LogP contribution in [0.4, 0.5) is 26.3 Å². The second kappa shape index (κ2) is 17.8. The Balaban J connectivity index is 0.000000167. The Morgan fingerprint density at radius 3 is 1.22 bits per heavy atom. The van der Waals surface area contributed by atoms with Crippen LogP contribution in [0.5, 0.6) is 0 Å². The quantitative estimate of drug-likeness (QED) is 0.0474. The van der Waals surface area contributed by atoms with E-state index >= 15 is 0 Å². The van der Waals surface area contributed by atoms with Crippen LogP contribution in [-0.2, 0) is 23.7 Å². The maximum atomic E-state index is 13.4. The Morgan fingerprint density at radius 2 is 0.833 bits per heavy atom. The third-order valence-electron chi connectivity index (χ3n) is 10.8. The van der Waals surface area contributed by atoms with E-state index < -0.39 is 34.9 Å². The van der Waals surface area contributed by atoms with Crippen LogP contribution in [-0.4, -0.2) is 57.6 Å². The average molecular weight is 755 g/mol. The molecular formula is C43H44F6O5. The summed E-state index contributed by atoms with van der Waals surface area (Å²) in [4.78, 5) is 0. The Bertz CT molecular complexity index is 1780. The normalized spacial score (nSPS) is 24.8. The van der Waals surface area contributed by atoms with Gasteiger partial charge in [-0.2, -0.15) is 0 Å². The van der Waals surface area contributed by atoms with E-state index in [0.29, 0.717) is 66.3 Å². The van der Waals surface area contributed by atoms with Gasteiger partial charge in [0.2, 0.25) is 0 Å². The molecule has 0 radical (unpaired) electrons. The van der Waals surface area contributed by atoms with Gasteiger partial charge in [0.05, 0.1) is 38.6 Å². The summed E-state index contributed by atoms with van der Waals surface area (Å²) in [6.07, 6.45) is 9.30. The summed E-state index contributed by atoms with van der Waals surface area (Å²) in [5.41, 5.74) is 4.43. The van der Waals surface area contributed by atoms with Crippen LogP contribution in [0.25, 0.3) is 22.3 Å². The molecule has 2 saturated carbocycles. The minimum Gasteiger partial charge on any atom is -0.375 e. The van der Waals surface area contributed by atoms with E-state index in [9.17, 15) is 26.3 Å². The summed E-state index contributed by atoms with van der Waals surface area (Å²) in [7, 11) is 0. The molecule has 2 atom stereocenters. The second-order valence-electron chi connectivity index (χ2n) is 14.6. The van der Waals surface area contributed by atoms with Crippen molar-refractivity contribution in [1.82, 2.24) is 0 Å². The molecule has 2 saturated heterocycles. The maximum absolute atomic E-state index is 13.4. The molecule has 4 fully saturated rings. The van der Waals surface area contributed by atoms with Gasteiger partial charge < -0.3 is 23.7 Å². The lowest BCUT2D eigenvalue weighted by atomic mass is 9.82. The zero-order valence-electron chi connectivity index (χ0n) is 29.9. The monoisotopic (exact) mass is 754 g/mol. The van der Waals surface area contributed by atoms with Crippen molar-refractivity contribution in [2.24, 2.45) is 0 Å². The zero-order chi connectivity index (χ0) is 37.6. The third-order valence-corrected chi connectivity index (χ3v) is 10.8. The highest BCUT2D eigenvalue weighted by atomic mass is 19.2. The lowest BCUT2D eigenvalue weighted by Gasteiger charge is -2.28. The zero-order valence-corrected chi connectivity index (χ0v) is 29.9. The highest BCUT2D eigenvalue weighted by Crippen LogP contribution is 2.37. The molecule has 2 heterocycles. The highest BCUT2D eigenvalue weighted by molar-refractivity contribution is 5.65. The first-order valence-corrected chi connectivity index (χ1v) is 18.7. The van der Waals surface area contributed by atoms with E-state index in [1.165, 1.54) is 11.1 Å². The van der Waals surface area contributed by atoms with E-state index in [1.54, 1.807) is 0 Å². The molecule has 5 nitrogen and oxygen atoms in total. The lowest BCUT2D eigenvalue weighted by Crippen LogP contribution is -2.22. The molecule has 11 heteroatoms. The van der Waals surface area contributed by atoms with Gasteiger partial charge in [0.15, 0.2) is 34.9 Å². The predicted octanol–water partition coefficient (Wildman–Crippen LogP) is 10.4. The van der Waals surface area contributed by atoms with Crippen molar-refractivity contribution in [2.75, 3.05) is 33.2 Å². The second-order valence-corrected chi connectivity index (χ2v) is 14.6. The molecule has 54 heavy (non-hydrogen) atoms. The first-order chi connectivity index (χ1) is 26.2. The molecular weight excluding hydrogens is 710 g/mol. The van der Waals surface area contributed by atoms with E-state index in [2.05, 4.69) is 0 Å². The van der Waals surface area contributed by atoms with Crippen LogP contribution < -0.4 is 0 Å². The Kier molecular flexibility index (Phi) is 12.7. The van der Waals surface area contributed by atoms with Gasteiger partial charge in [-0.25, -0.2) is 26.3 Å². The van der Waals surface area contributed by atoms with E-state index in [4.69, 9.17) is 23.7 Å². The summed E-state index contributed by atoms with van der Waals surface area (Å²) in [5, 5.41) is 0. The summed E-state index contributed by atoms with van der Waals surface area (Å²) < 4.78 is 107. The van der Waals surface area contributed by atoms with Crippen LogP contribution in [0.3, 0.4) is 0 Å². The van der Waals surface area contributed by atoms with Crippen molar-refractivity contribution in [3.63, 3.8) is 0 Å². The molecule has 0 bridgehead atoms.